The number of rotatable bonds is 4. The Bertz CT molecular complexity index is 386. The van der Waals surface area contributed by atoms with E-state index < -0.39 is 0 Å². The van der Waals surface area contributed by atoms with E-state index in [1.807, 2.05) is 7.05 Å². The molecular weight excluding hydrogens is 405 g/mol. The molecule has 23 heavy (non-hydrogen) atoms. The second-order valence-corrected chi connectivity index (χ2v) is 6.99. The predicted octanol–water partition coefficient (Wildman–Crippen LogP) is 2.50. The molecule has 0 amide bonds. The van der Waals surface area contributed by atoms with Gasteiger partial charge >= 0.3 is 0 Å². The van der Waals surface area contributed by atoms with Gasteiger partial charge in [0.2, 0.25) is 0 Å². The van der Waals surface area contributed by atoms with Crippen molar-refractivity contribution in [2.24, 2.45) is 16.8 Å². The van der Waals surface area contributed by atoms with E-state index >= 15 is 0 Å². The van der Waals surface area contributed by atoms with E-state index in [9.17, 15) is 0 Å². The highest BCUT2D eigenvalue weighted by molar-refractivity contribution is 14.0. The summed E-state index contributed by atoms with van der Waals surface area (Å²) in [5.74, 6) is 2.89. The summed E-state index contributed by atoms with van der Waals surface area (Å²) in [4.78, 5) is 6.82. The lowest BCUT2D eigenvalue weighted by molar-refractivity contribution is -0.0447. The number of morpholine rings is 1. The van der Waals surface area contributed by atoms with Crippen LogP contribution in [0.1, 0.15) is 38.5 Å². The minimum Gasteiger partial charge on any atom is -0.382 e. The Labute approximate surface area is 157 Å². The Morgan fingerprint density at radius 3 is 2.78 bits per heavy atom. The summed E-state index contributed by atoms with van der Waals surface area (Å²) in [6.45, 7) is 3.20. The molecular formula is C17H32IN3O2. The molecule has 3 rings (SSSR count). The van der Waals surface area contributed by atoms with Crippen molar-refractivity contribution in [1.29, 1.82) is 0 Å². The summed E-state index contributed by atoms with van der Waals surface area (Å²) in [5.41, 5.74) is 0. The smallest absolute Gasteiger partial charge is 0.194 e. The molecule has 1 heterocycles. The molecule has 1 N–H and O–H groups in total. The Hall–Kier alpha value is -0.0800. The molecule has 0 aromatic rings. The molecule has 1 saturated heterocycles. The monoisotopic (exact) mass is 437 g/mol. The number of guanidine groups is 1. The first-order valence-corrected chi connectivity index (χ1v) is 8.90. The highest BCUT2D eigenvalue weighted by Crippen LogP contribution is 2.44. The number of hydrogen-bond donors (Lipinski definition) is 1. The fourth-order valence-electron chi connectivity index (χ4n) is 4.13. The van der Waals surface area contributed by atoms with Crippen LogP contribution in [0.5, 0.6) is 0 Å². The normalized spacial score (nSPS) is 32.3. The molecule has 0 radical (unpaired) electrons. The topological polar surface area (TPSA) is 46.1 Å². The highest BCUT2D eigenvalue weighted by Gasteiger charge is 2.44. The van der Waals surface area contributed by atoms with E-state index in [0.29, 0.717) is 12.6 Å². The summed E-state index contributed by atoms with van der Waals surface area (Å²) in [5, 5.41) is 3.70. The molecule has 3 fully saturated rings. The van der Waals surface area contributed by atoms with Gasteiger partial charge in [-0.1, -0.05) is 32.1 Å². The Morgan fingerprint density at radius 1 is 1.30 bits per heavy atom. The van der Waals surface area contributed by atoms with Gasteiger partial charge in [0.25, 0.3) is 0 Å². The van der Waals surface area contributed by atoms with E-state index in [2.05, 4.69) is 15.2 Å². The largest absolute Gasteiger partial charge is 0.382 e. The van der Waals surface area contributed by atoms with Gasteiger partial charge in [-0.15, -0.1) is 24.0 Å². The van der Waals surface area contributed by atoms with Crippen molar-refractivity contribution in [1.82, 2.24) is 10.2 Å². The van der Waals surface area contributed by atoms with Crippen LogP contribution < -0.4 is 5.32 Å². The van der Waals surface area contributed by atoms with Crippen molar-refractivity contribution in [2.45, 2.75) is 50.7 Å². The van der Waals surface area contributed by atoms with Crippen molar-refractivity contribution in [3.8, 4) is 0 Å². The van der Waals surface area contributed by atoms with Crippen molar-refractivity contribution in [3.05, 3.63) is 0 Å². The summed E-state index contributed by atoms with van der Waals surface area (Å²) in [6, 6.07) is 0.644. The second-order valence-electron chi connectivity index (χ2n) is 6.99. The van der Waals surface area contributed by atoms with Crippen LogP contribution in [0.4, 0.5) is 0 Å². The molecule has 3 atom stereocenters. The Balaban J connectivity index is 0.00000192. The maximum Gasteiger partial charge on any atom is 0.194 e. The standard InChI is InChI=1S/C17H31N3O2.HI/c1-18-17(20-8-9-22-14(11-20)12-21-2)19-16-10-15(16)13-6-4-3-5-7-13;/h13-16H,3-12H2,1-2H3,(H,18,19);1H. The van der Waals surface area contributed by atoms with Crippen molar-refractivity contribution in [3.63, 3.8) is 0 Å². The summed E-state index contributed by atoms with van der Waals surface area (Å²) in [6.07, 6.45) is 8.68. The Morgan fingerprint density at radius 2 is 2.09 bits per heavy atom. The molecule has 1 aliphatic heterocycles. The fourth-order valence-corrected chi connectivity index (χ4v) is 4.13. The summed E-state index contributed by atoms with van der Waals surface area (Å²) >= 11 is 0. The van der Waals surface area contributed by atoms with Crippen LogP contribution in [0.25, 0.3) is 0 Å². The first kappa shape index (κ1) is 19.2. The Kier molecular flexibility index (Phi) is 7.88. The first-order chi connectivity index (χ1) is 10.8. The zero-order valence-electron chi connectivity index (χ0n) is 14.5. The molecule has 0 aromatic carbocycles. The van der Waals surface area contributed by atoms with Gasteiger partial charge in [-0.2, -0.15) is 0 Å². The van der Waals surface area contributed by atoms with Gasteiger partial charge in [-0.05, 0) is 18.3 Å². The average molecular weight is 437 g/mol. The number of ether oxygens (including phenoxy) is 2. The molecule has 0 spiro atoms. The molecule has 2 aliphatic carbocycles. The lowest BCUT2D eigenvalue weighted by Crippen LogP contribution is -2.52. The van der Waals surface area contributed by atoms with Crippen LogP contribution in [0.3, 0.4) is 0 Å². The van der Waals surface area contributed by atoms with Gasteiger partial charge in [0.15, 0.2) is 5.96 Å². The van der Waals surface area contributed by atoms with Crippen LogP contribution >= 0.6 is 24.0 Å². The predicted molar refractivity (Wildman–Crippen MR) is 104 cm³/mol. The molecule has 0 bridgehead atoms. The molecule has 6 heteroatoms. The van der Waals surface area contributed by atoms with E-state index in [4.69, 9.17) is 9.47 Å². The maximum atomic E-state index is 5.73. The third kappa shape index (κ3) is 5.19. The number of methoxy groups -OCH3 is 1. The molecule has 134 valence electrons. The minimum atomic E-state index is 0. The quantitative estimate of drug-likeness (QED) is 0.417. The van der Waals surface area contributed by atoms with Gasteiger partial charge < -0.3 is 19.7 Å². The van der Waals surface area contributed by atoms with E-state index in [-0.39, 0.29) is 30.1 Å². The molecule has 2 saturated carbocycles. The third-order valence-corrected chi connectivity index (χ3v) is 5.41. The number of aliphatic imine (C=N–C) groups is 1. The van der Waals surface area contributed by atoms with Crippen LogP contribution in [0.15, 0.2) is 4.99 Å². The number of hydrogen-bond acceptors (Lipinski definition) is 3. The third-order valence-electron chi connectivity index (χ3n) is 5.41. The lowest BCUT2D eigenvalue weighted by atomic mass is 9.85. The van der Waals surface area contributed by atoms with Gasteiger partial charge in [0.1, 0.15) is 0 Å². The van der Waals surface area contributed by atoms with Crippen molar-refractivity contribution >= 4 is 29.9 Å². The van der Waals surface area contributed by atoms with Crippen LogP contribution in [0.2, 0.25) is 0 Å². The van der Waals surface area contributed by atoms with E-state index in [1.165, 1.54) is 38.5 Å². The number of nitrogens with zero attached hydrogens (tertiary/aromatic N) is 2. The second kappa shape index (κ2) is 9.42. The lowest BCUT2D eigenvalue weighted by Gasteiger charge is -2.35. The zero-order valence-corrected chi connectivity index (χ0v) is 16.8. The molecule has 3 aliphatic rings. The first-order valence-electron chi connectivity index (χ1n) is 8.90. The van der Waals surface area contributed by atoms with Crippen molar-refractivity contribution < 1.29 is 9.47 Å². The summed E-state index contributed by atoms with van der Waals surface area (Å²) < 4.78 is 11.0. The fraction of sp³-hybridized carbons (Fsp3) is 0.941. The van der Waals surface area contributed by atoms with Crippen LogP contribution in [-0.2, 0) is 9.47 Å². The minimum absolute atomic E-state index is 0. The number of nitrogens with one attached hydrogen (secondary N) is 1. The molecule has 0 aromatic heterocycles. The highest BCUT2D eigenvalue weighted by atomic mass is 127. The van der Waals surface area contributed by atoms with Crippen molar-refractivity contribution in [2.75, 3.05) is 40.5 Å². The van der Waals surface area contributed by atoms with Crippen LogP contribution in [-0.4, -0.2) is 63.5 Å². The maximum absolute atomic E-state index is 5.73. The van der Waals surface area contributed by atoms with Gasteiger partial charge in [0.05, 0.1) is 19.3 Å². The van der Waals surface area contributed by atoms with E-state index in [1.54, 1.807) is 7.11 Å². The van der Waals surface area contributed by atoms with Gasteiger partial charge in [-0.25, -0.2) is 0 Å². The average Bonchev–Trinajstić information content (AvgIpc) is 3.33. The van der Waals surface area contributed by atoms with Gasteiger partial charge in [-0.3, -0.25) is 4.99 Å². The molecule has 5 nitrogen and oxygen atoms in total. The van der Waals surface area contributed by atoms with E-state index in [0.717, 1.165) is 37.5 Å². The number of halogens is 1. The summed E-state index contributed by atoms with van der Waals surface area (Å²) in [7, 11) is 3.62. The van der Waals surface area contributed by atoms with Crippen LogP contribution in [0, 0.1) is 11.8 Å². The SMILES string of the molecule is CN=C(NC1CC1C1CCCCC1)N1CCOC(COC)C1.I. The molecule has 3 unspecified atom stereocenters. The zero-order chi connectivity index (χ0) is 15.4. The van der Waals surface area contributed by atoms with Gasteiger partial charge in [0, 0.05) is 33.3 Å².